The second-order valence-electron chi connectivity index (χ2n) is 6.23. The van der Waals surface area contributed by atoms with Crippen LogP contribution in [0.4, 0.5) is 10.5 Å². The predicted molar refractivity (Wildman–Crippen MR) is 96.7 cm³/mol. The summed E-state index contributed by atoms with van der Waals surface area (Å²) in [6.45, 7) is 5.11. The number of hydrogen-bond acceptors (Lipinski definition) is 3. The normalized spacial score (nSPS) is 15.0. The number of hydrogen-bond donors (Lipinski definition) is 1. The van der Waals surface area contributed by atoms with Crippen LogP contribution in [0.5, 0.6) is 0 Å². The van der Waals surface area contributed by atoms with Crippen molar-refractivity contribution in [3.63, 3.8) is 0 Å². The molecule has 1 aliphatic heterocycles. The van der Waals surface area contributed by atoms with Crippen LogP contribution in [0.1, 0.15) is 34.6 Å². The Bertz CT molecular complexity index is 791. The Morgan fingerprint density at radius 2 is 2.12 bits per heavy atom. The molecule has 6 heteroatoms. The van der Waals surface area contributed by atoms with Crippen LogP contribution >= 0.6 is 0 Å². The summed E-state index contributed by atoms with van der Waals surface area (Å²) in [7, 11) is 1.77. The van der Waals surface area contributed by atoms with E-state index in [0.29, 0.717) is 18.7 Å². The van der Waals surface area contributed by atoms with Crippen LogP contribution in [-0.4, -0.2) is 42.0 Å². The summed E-state index contributed by atoms with van der Waals surface area (Å²) >= 11 is 0. The maximum absolute atomic E-state index is 12.9. The first-order valence-electron chi connectivity index (χ1n) is 8.33. The predicted octanol–water partition coefficient (Wildman–Crippen LogP) is 2.75. The van der Waals surface area contributed by atoms with E-state index in [9.17, 15) is 9.59 Å². The van der Waals surface area contributed by atoms with Gasteiger partial charge in [0, 0.05) is 37.6 Å². The van der Waals surface area contributed by atoms with E-state index in [-0.39, 0.29) is 18.0 Å². The molecule has 6 nitrogen and oxygen atoms in total. The minimum Gasteiger partial charge on any atom is -0.336 e. The van der Waals surface area contributed by atoms with E-state index in [1.54, 1.807) is 35.2 Å². The molecule has 1 saturated heterocycles. The molecule has 0 radical (unpaired) electrons. The summed E-state index contributed by atoms with van der Waals surface area (Å²) in [5.41, 5.74) is 3.14. The molecule has 0 unspecified atom stereocenters. The largest absolute Gasteiger partial charge is 0.336 e. The highest BCUT2D eigenvalue weighted by atomic mass is 16.2. The second-order valence-corrected chi connectivity index (χ2v) is 6.23. The number of urea groups is 1. The van der Waals surface area contributed by atoms with Gasteiger partial charge in [-0.25, -0.2) is 4.79 Å². The van der Waals surface area contributed by atoms with E-state index in [1.165, 1.54) is 0 Å². The summed E-state index contributed by atoms with van der Waals surface area (Å²) in [6, 6.07) is 10.9. The standard InChI is InChI=1S/C19H22N4O2/c1-13-7-8-15(12-17(13)23-11-10-21-19(23)25)18(24)22(3)14(2)16-6-4-5-9-20-16/h4-9,12,14H,10-11H2,1-3H3,(H,21,25)/t14-/m0/s1. The molecule has 130 valence electrons. The number of nitrogens with zero attached hydrogens (tertiary/aromatic N) is 3. The summed E-state index contributed by atoms with van der Waals surface area (Å²) in [4.78, 5) is 32.5. The summed E-state index contributed by atoms with van der Waals surface area (Å²) in [5, 5.41) is 2.79. The van der Waals surface area contributed by atoms with Gasteiger partial charge in [0.1, 0.15) is 0 Å². The van der Waals surface area contributed by atoms with Crippen LogP contribution in [0, 0.1) is 6.92 Å². The first-order chi connectivity index (χ1) is 12.0. The van der Waals surface area contributed by atoms with Crippen molar-refractivity contribution in [1.82, 2.24) is 15.2 Å². The van der Waals surface area contributed by atoms with Crippen molar-refractivity contribution in [3.8, 4) is 0 Å². The number of nitrogens with one attached hydrogen (secondary N) is 1. The van der Waals surface area contributed by atoms with Gasteiger partial charge in [-0.05, 0) is 43.7 Å². The van der Waals surface area contributed by atoms with Crippen molar-refractivity contribution < 1.29 is 9.59 Å². The van der Waals surface area contributed by atoms with Crippen LogP contribution in [0.15, 0.2) is 42.6 Å². The van der Waals surface area contributed by atoms with E-state index in [1.807, 2.05) is 38.1 Å². The SMILES string of the molecule is Cc1ccc(C(=O)N(C)[C@@H](C)c2ccccn2)cc1N1CCNC1=O. The molecule has 2 heterocycles. The minimum absolute atomic E-state index is 0.0981. The third kappa shape index (κ3) is 3.33. The smallest absolute Gasteiger partial charge is 0.322 e. The average molecular weight is 338 g/mol. The fourth-order valence-corrected chi connectivity index (χ4v) is 2.94. The van der Waals surface area contributed by atoms with Gasteiger partial charge < -0.3 is 10.2 Å². The van der Waals surface area contributed by atoms with Crippen LogP contribution in [0.3, 0.4) is 0 Å². The molecule has 1 aromatic heterocycles. The molecule has 3 amide bonds. The van der Waals surface area contributed by atoms with Crippen molar-refractivity contribution >= 4 is 17.6 Å². The fourth-order valence-electron chi connectivity index (χ4n) is 2.94. The number of anilines is 1. The van der Waals surface area contributed by atoms with E-state index >= 15 is 0 Å². The average Bonchev–Trinajstić information content (AvgIpc) is 3.07. The van der Waals surface area contributed by atoms with Gasteiger partial charge in [-0.1, -0.05) is 12.1 Å². The highest BCUT2D eigenvalue weighted by Gasteiger charge is 2.25. The molecule has 1 aliphatic rings. The molecule has 2 aromatic rings. The molecule has 0 saturated carbocycles. The zero-order valence-corrected chi connectivity index (χ0v) is 14.7. The highest BCUT2D eigenvalue weighted by molar-refractivity contribution is 5.99. The Labute approximate surface area is 147 Å². The molecule has 1 aromatic carbocycles. The lowest BCUT2D eigenvalue weighted by molar-refractivity contribution is 0.0740. The lowest BCUT2D eigenvalue weighted by Crippen LogP contribution is -2.31. The van der Waals surface area contributed by atoms with Crippen molar-refractivity contribution in [2.75, 3.05) is 25.0 Å². The molecule has 0 aliphatic carbocycles. The fraction of sp³-hybridized carbons (Fsp3) is 0.316. The minimum atomic E-state index is -0.145. The van der Waals surface area contributed by atoms with Crippen LogP contribution in [0.25, 0.3) is 0 Å². The molecule has 1 N–H and O–H groups in total. The number of rotatable bonds is 4. The van der Waals surface area contributed by atoms with Gasteiger partial charge in [-0.15, -0.1) is 0 Å². The van der Waals surface area contributed by atoms with Crippen LogP contribution < -0.4 is 10.2 Å². The molecular formula is C19H22N4O2. The van der Waals surface area contributed by atoms with Crippen molar-refractivity contribution in [2.24, 2.45) is 0 Å². The number of aromatic nitrogens is 1. The van der Waals surface area contributed by atoms with E-state index in [0.717, 1.165) is 16.9 Å². The molecule has 25 heavy (non-hydrogen) atoms. The van der Waals surface area contributed by atoms with Gasteiger partial charge in [0.05, 0.1) is 11.7 Å². The van der Waals surface area contributed by atoms with Gasteiger partial charge in [-0.2, -0.15) is 0 Å². The Morgan fingerprint density at radius 1 is 1.32 bits per heavy atom. The number of carbonyl (C=O) groups excluding carboxylic acids is 2. The van der Waals surface area contributed by atoms with Crippen LogP contribution in [0.2, 0.25) is 0 Å². The molecule has 3 rings (SSSR count). The zero-order valence-electron chi connectivity index (χ0n) is 14.7. The number of benzene rings is 1. The van der Waals surface area contributed by atoms with E-state index in [4.69, 9.17) is 0 Å². The summed E-state index contributed by atoms with van der Waals surface area (Å²) in [6.07, 6.45) is 1.72. The number of aryl methyl sites for hydroxylation is 1. The topological polar surface area (TPSA) is 65.5 Å². The Morgan fingerprint density at radius 3 is 2.76 bits per heavy atom. The Kier molecular flexibility index (Phi) is 4.70. The Hall–Kier alpha value is -2.89. The summed E-state index contributed by atoms with van der Waals surface area (Å²) < 4.78 is 0. The van der Waals surface area contributed by atoms with Gasteiger partial charge in [0.15, 0.2) is 0 Å². The zero-order chi connectivity index (χ0) is 18.0. The second kappa shape index (κ2) is 6.93. The summed E-state index contributed by atoms with van der Waals surface area (Å²) in [5.74, 6) is -0.0981. The van der Waals surface area contributed by atoms with Gasteiger partial charge in [-0.3, -0.25) is 14.7 Å². The van der Waals surface area contributed by atoms with Crippen molar-refractivity contribution in [1.29, 1.82) is 0 Å². The molecule has 0 bridgehead atoms. The van der Waals surface area contributed by atoms with Gasteiger partial charge in [0.25, 0.3) is 5.91 Å². The first-order valence-corrected chi connectivity index (χ1v) is 8.33. The highest BCUT2D eigenvalue weighted by Crippen LogP contribution is 2.25. The Balaban J connectivity index is 1.86. The molecule has 0 spiro atoms. The van der Waals surface area contributed by atoms with Gasteiger partial charge >= 0.3 is 6.03 Å². The monoisotopic (exact) mass is 338 g/mol. The lowest BCUT2D eigenvalue weighted by Gasteiger charge is -2.25. The molecule has 1 fully saturated rings. The maximum Gasteiger partial charge on any atom is 0.322 e. The molecular weight excluding hydrogens is 316 g/mol. The third-order valence-corrected chi connectivity index (χ3v) is 4.62. The quantitative estimate of drug-likeness (QED) is 0.932. The number of pyridine rings is 1. The number of amides is 3. The third-order valence-electron chi connectivity index (χ3n) is 4.62. The van der Waals surface area contributed by atoms with E-state index < -0.39 is 0 Å². The van der Waals surface area contributed by atoms with Crippen molar-refractivity contribution in [2.45, 2.75) is 19.9 Å². The maximum atomic E-state index is 12.9. The van der Waals surface area contributed by atoms with Crippen molar-refractivity contribution in [3.05, 3.63) is 59.4 Å². The van der Waals surface area contributed by atoms with Gasteiger partial charge in [0.2, 0.25) is 0 Å². The lowest BCUT2D eigenvalue weighted by atomic mass is 10.1. The first kappa shape index (κ1) is 17.0. The number of carbonyl (C=O) groups is 2. The van der Waals surface area contributed by atoms with E-state index in [2.05, 4.69) is 10.3 Å². The van der Waals surface area contributed by atoms with Crippen LogP contribution in [-0.2, 0) is 0 Å². The molecule has 1 atom stereocenters.